The third kappa shape index (κ3) is 1.36. The summed E-state index contributed by atoms with van der Waals surface area (Å²) in [6.45, 7) is 1.93. The third-order valence-electron chi connectivity index (χ3n) is 2.16. The van der Waals surface area contributed by atoms with Crippen molar-refractivity contribution < 1.29 is 4.52 Å². The summed E-state index contributed by atoms with van der Waals surface area (Å²) in [6.07, 6.45) is 1.59. The van der Waals surface area contributed by atoms with Crippen LogP contribution < -0.4 is 5.73 Å². The summed E-state index contributed by atoms with van der Waals surface area (Å²) in [5.74, 6) is 0.315. The summed E-state index contributed by atoms with van der Waals surface area (Å²) < 4.78 is 4.80. The molecule has 0 aliphatic rings. The first-order valence-electron chi connectivity index (χ1n) is 4.16. The first kappa shape index (κ1) is 9.09. The molecule has 0 aliphatic heterocycles. The minimum atomic E-state index is 0.315. The highest BCUT2D eigenvalue weighted by Gasteiger charge is 2.10. The van der Waals surface area contributed by atoms with E-state index < -0.39 is 0 Å². The van der Waals surface area contributed by atoms with E-state index in [-0.39, 0.29) is 0 Å². The first-order valence-corrected chi connectivity index (χ1v) is 4.53. The fraction of sp³-hybridized carbons (Fsp3) is 0.100. The van der Waals surface area contributed by atoms with Crippen LogP contribution in [0, 0.1) is 6.92 Å². The van der Waals surface area contributed by atoms with Crippen molar-refractivity contribution in [1.29, 1.82) is 0 Å². The fourth-order valence-corrected chi connectivity index (χ4v) is 1.52. The molecule has 0 saturated heterocycles. The number of nitrogens with zero attached hydrogens (tertiary/aromatic N) is 1. The highest BCUT2D eigenvalue weighted by molar-refractivity contribution is 6.31. The minimum Gasteiger partial charge on any atom is -0.367 e. The molecule has 0 spiro atoms. The molecular weight excluding hydrogens is 200 g/mol. The van der Waals surface area contributed by atoms with E-state index in [1.165, 1.54) is 0 Å². The van der Waals surface area contributed by atoms with Gasteiger partial charge in [-0.2, -0.15) is 0 Å². The van der Waals surface area contributed by atoms with E-state index in [0.717, 1.165) is 16.7 Å². The minimum absolute atomic E-state index is 0.315. The predicted octanol–water partition coefficient (Wildman–Crippen LogP) is 2.89. The van der Waals surface area contributed by atoms with Gasteiger partial charge in [0, 0.05) is 5.02 Å². The molecule has 0 atom stereocenters. The molecule has 1 heterocycles. The number of nitrogens with two attached hydrogens (primary N) is 1. The number of hydrogen-bond acceptors (Lipinski definition) is 3. The van der Waals surface area contributed by atoms with Crippen molar-refractivity contribution in [2.24, 2.45) is 0 Å². The standard InChI is InChI=1S/C10H9ClN2O/c1-6-7(3-2-4-9(6)11)8-5-13-14-10(8)12/h2-5H,12H2,1H3. The molecule has 0 aliphatic carbocycles. The van der Waals surface area contributed by atoms with Crippen LogP contribution in [0.25, 0.3) is 11.1 Å². The molecule has 1 aromatic heterocycles. The number of aromatic nitrogens is 1. The average Bonchev–Trinajstić information content (AvgIpc) is 2.57. The van der Waals surface area contributed by atoms with Crippen molar-refractivity contribution in [3.63, 3.8) is 0 Å². The Morgan fingerprint density at radius 3 is 2.79 bits per heavy atom. The molecule has 0 unspecified atom stereocenters. The summed E-state index contributed by atoms with van der Waals surface area (Å²) in [7, 11) is 0. The van der Waals surface area contributed by atoms with Gasteiger partial charge in [-0.3, -0.25) is 0 Å². The molecular formula is C10H9ClN2O. The maximum absolute atomic E-state index is 5.99. The van der Waals surface area contributed by atoms with E-state index in [4.69, 9.17) is 21.9 Å². The number of hydrogen-bond donors (Lipinski definition) is 1. The van der Waals surface area contributed by atoms with Crippen molar-refractivity contribution in [3.8, 4) is 11.1 Å². The second-order valence-electron chi connectivity index (χ2n) is 3.02. The Labute approximate surface area is 86.5 Å². The van der Waals surface area contributed by atoms with Crippen molar-refractivity contribution in [3.05, 3.63) is 35.0 Å². The second-order valence-corrected chi connectivity index (χ2v) is 3.42. The van der Waals surface area contributed by atoms with Crippen LogP contribution in [0.5, 0.6) is 0 Å². The average molecular weight is 209 g/mol. The van der Waals surface area contributed by atoms with Crippen LogP contribution in [0.1, 0.15) is 5.56 Å². The van der Waals surface area contributed by atoms with Crippen LogP contribution in [-0.4, -0.2) is 5.16 Å². The van der Waals surface area contributed by atoms with E-state index in [9.17, 15) is 0 Å². The van der Waals surface area contributed by atoms with Gasteiger partial charge in [0.15, 0.2) is 0 Å². The van der Waals surface area contributed by atoms with Gasteiger partial charge in [0.05, 0.1) is 11.8 Å². The summed E-state index contributed by atoms with van der Waals surface area (Å²) in [5.41, 5.74) is 8.33. The number of anilines is 1. The van der Waals surface area contributed by atoms with Gasteiger partial charge in [0.1, 0.15) is 0 Å². The van der Waals surface area contributed by atoms with Crippen LogP contribution in [0.2, 0.25) is 5.02 Å². The van der Waals surface area contributed by atoms with Crippen molar-refractivity contribution in [1.82, 2.24) is 5.16 Å². The molecule has 0 saturated carbocycles. The molecule has 0 amide bonds. The number of nitrogen functional groups attached to an aromatic ring is 1. The largest absolute Gasteiger partial charge is 0.367 e. The molecule has 2 aromatic rings. The van der Waals surface area contributed by atoms with Crippen LogP contribution in [-0.2, 0) is 0 Å². The van der Waals surface area contributed by atoms with Gasteiger partial charge >= 0.3 is 0 Å². The van der Waals surface area contributed by atoms with Gasteiger partial charge < -0.3 is 10.3 Å². The fourth-order valence-electron chi connectivity index (χ4n) is 1.35. The maximum Gasteiger partial charge on any atom is 0.229 e. The smallest absolute Gasteiger partial charge is 0.229 e. The van der Waals surface area contributed by atoms with Crippen LogP contribution in [0.15, 0.2) is 28.9 Å². The Kier molecular flexibility index (Phi) is 2.17. The number of halogens is 1. The van der Waals surface area contributed by atoms with E-state index in [0.29, 0.717) is 10.9 Å². The normalized spacial score (nSPS) is 10.4. The summed E-state index contributed by atoms with van der Waals surface area (Å²) in [5, 5.41) is 4.34. The Bertz CT molecular complexity index is 465. The lowest BCUT2D eigenvalue weighted by Gasteiger charge is -2.04. The summed E-state index contributed by atoms with van der Waals surface area (Å²) in [4.78, 5) is 0. The van der Waals surface area contributed by atoms with Gasteiger partial charge in [-0.05, 0) is 24.1 Å². The Morgan fingerprint density at radius 1 is 1.36 bits per heavy atom. The SMILES string of the molecule is Cc1c(Cl)cccc1-c1cnoc1N. The topological polar surface area (TPSA) is 52.0 Å². The zero-order chi connectivity index (χ0) is 10.1. The van der Waals surface area contributed by atoms with Crippen LogP contribution in [0.3, 0.4) is 0 Å². The van der Waals surface area contributed by atoms with Gasteiger partial charge in [0.25, 0.3) is 0 Å². The highest BCUT2D eigenvalue weighted by Crippen LogP contribution is 2.31. The maximum atomic E-state index is 5.99. The van der Waals surface area contributed by atoms with E-state index in [1.54, 1.807) is 6.20 Å². The Balaban J connectivity index is 2.63. The molecule has 2 rings (SSSR count). The zero-order valence-corrected chi connectivity index (χ0v) is 8.38. The van der Waals surface area contributed by atoms with Crippen molar-refractivity contribution in [2.45, 2.75) is 6.92 Å². The van der Waals surface area contributed by atoms with Gasteiger partial charge in [-0.25, -0.2) is 0 Å². The van der Waals surface area contributed by atoms with E-state index >= 15 is 0 Å². The summed E-state index contributed by atoms with van der Waals surface area (Å²) in [6, 6.07) is 5.64. The molecule has 14 heavy (non-hydrogen) atoms. The van der Waals surface area contributed by atoms with E-state index in [2.05, 4.69) is 5.16 Å². The lowest BCUT2D eigenvalue weighted by Crippen LogP contribution is -1.87. The lowest BCUT2D eigenvalue weighted by atomic mass is 10.0. The Hall–Kier alpha value is -1.48. The highest BCUT2D eigenvalue weighted by atomic mass is 35.5. The molecule has 4 heteroatoms. The van der Waals surface area contributed by atoms with Gasteiger partial charge in [-0.15, -0.1) is 0 Å². The monoisotopic (exact) mass is 208 g/mol. The van der Waals surface area contributed by atoms with Crippen LogP contribution >= 0.6 is 11.6 Å². The number of benzene rings is 1. The molecule has 1 aromatic carbocycles. The van der Waals surface area contributed by atoms with E-state index in [1.807, 2.05) is 25.1 Å². The predicted molar refractivity (Wildman–Crippen MR) is 56.1 cm³/mol. The van der Waals surface area contributed by atoms with Crippen LogP contribution in [0.4, 0.5) is 5.88 Å². The zero-order valence-electron chi connectivity index (χ0n) is 7.62. The van der Waals surface area contributed by atoms with Gasteiger partial charge in [-0.1, -0.05) is 28.9 Å². The first-order chi connectivity index (χ1) is 6.70. The third-order valence-corrected chi connectivity index (χ3v) is 2.57. The molecule has 0 bridgehead atoms. The molecule has 72 valence electrons. The lowest BCUT2D eigenvalue weighted by molar-refractivity contribution is 0.436. The Morgan fingerprint density at radius 2 is 2.14 bits per heavy atom. The van der Waals surface area contributed by atoms with Gasteiger partial charge in [0.2, 0.25) is 5.88 Å². The van der Waals surface area contributed by atoms with Crippen molar-refractivity contribution >= 4 is 17.5 Å². The molecule has 2 N–H and O–H groups in total. The molecule has 3 nitrogen and oxygen atoms in total. The number of rotatable bonds is 1. The second kappa shape index (κ2) is 3.35. The molecule has 0 radical (unpaired) electrons. The van der Waals surface area contributed by atoms with Crippen molar-refractivity contribution in [2.75, 3.05) is 5.73 Å². The summed E-state index contributed by atoms with van der Waals surface area (Å²) >= 11 is 5.99. The quantitative estimate of drug-likeness (QED) is 0.784. The molecule has 0 fully saturated rings.